The zero-order valence-corrected chi connectivity index (χ0v) is 21.9. The summed E-state index contributed by atoms with van der Waals surface area (Å²) >= 11 is 0. The maximum atomic E-state index is 13.7. The molecule has 12 heteroatoms. The van der Waals surface area contributed by atoms with E-state index in [-0.39, 0.29) is 49.5 Å². The number of benzene rings is 2. The normalized spacial score (nSPS) is 21.2. The molecule has 0 spiro atoms. The molecule has 0 bridgehead atoms. The first-order valence-electron chi connectivity index (χ1n) is 12.7. The Morgan fingerprint density at radius 2 is 1.79 bits per heavy atom. The quantitative estimate of drug-likeness (QED) is 0.556. The van der Waals surface area contributed by atoms with E-state index >= 15 is 0 Å². The maximum Gasteiger partial charge on any atom is 0.416 e. The molecular formula is C27H31F4N5O3. The number of fused-ring (bicyclic) bond motifs is 1. The lowest BCUT2D eigenvalue weighted by Crippen LogP contribution is -2.76. The first-order chi connectivity index (χ1) is 18.4. The molecule has 0 saturated carbocycles. The van der Waals surface area contributed by atoms with Crippen LogP contribution in [0.3, 0.4) is 0 Å². The molecule has 3 atom stereocenters. The highest BCUT2D eigenvalue weighted by atomic mass is 19.4. The predicted molar refractivity (Wildman–Crippen MR) is 134 cm³/mol. The second-order valence-corrected chi connectivity index (χ2v) is 9.97. The lowest BCUT2D eigenvalue weighted by Gasteiger charge is -2.55. The Labute approximate surface area is 224 Å². The van der Waals surface area contributed by atoms with Gasteiger partial charge in [-0.1, -0.05) is 44.5 Å². The summed E-state index contributed by atoms with van der Waals surface area (Å²) in [6, 6.07) is 9.01. The standard InChI is InChI=1S/C27H31F4N5O3/c1-4-17(2)24-25(38)34(14-19-6-5-7-20(12-19)27(29,30)31)15-22-35(24)23(37)16-33(3)36(22)26(39)32-13-18-8-10-21(28)11-9-18/h5-12,17,22,24H,4,13-16H2,1-3H3,(H,32,39)/t17?,22-,24-/m0/s1. The Morgan fingerprint density at radius 1 is 1.10 bits per heavy atom. The van der Waals surface area contributed by atoms with E-state index in [4.69, 9.17) is 0 Å². The van der Waals surface area contributed by atoms with Crippen LogP contribution in [0.15, 0.2) is 48.5 Å². The number of carbonyl (C=O) groups excluding carboxylic acids is 3. The Balaban J connectivity index is 1.63. The van der Waals surface area contributed by atoms with Crippen molar-refractivity contribution in [2.75, 3.05) is 20.1 Å². The lowest BCUT2D eigenvalue weighted by atomic mass is 9.92. The van der Waals surface area contributed by atoms with Crippen molar-refractivity contribution in [2.45, 2.75) is 51.7 Å². The van der Waals surface area contributed by atoms with E-state index in [2.05, 4.69) is 5.32 Å². The van der Waals surface area contributed by atoms with Crippen LogP contribution in [-0.2, 0) is 28.9 Å². The van der Waals surface area contributed by atoms with Crippen molar-refractivity contribution < 1.29 is 31.9 Å². The van der Waals surface area contributed by atoms with Gasteiger partial charge >= 0.3 is 12.2 Å². The van der Waals surface area contributed by atoms with Gasteiger partial charge in [-0.2, -0.15) is 13.2 Å². The largest absolute Gasteiger partial charge is 0.416 e. The fourth-order valence-electron chi connectivity index (χ4n) is 5.07. The smallest absolute Gasteiger partial charge is 0.333 e. The summed E-state index contributed by atoms with van der Waals surface area (Å²) in [6.45, 7) is 3.50. The summed E-state index contributed by atoms with van der Waals surface area (Å²) in [7, 11) is 1.58. The molecule has 2 aromatic rings. The van der Waals surface area contributed by atoms with Crippen molar-refractivity contribution in [1.82, 2.24) is 25.1 Å². The van der Waals surface area contributed by atoms with Crippen molar-refractivity contribution in [2.24, 2.45) is 5.92 Å². The topological polar surface area (TPSA) is 76.2 Å². The molecule has 0 radical (unpaired) electrons. The molecule has 4 rings (SSSR count). The molecule has 2 heterocycles. The third kappa shape index (κ3) is 6.00. The maximum absolute atomic E-state index is 13.7. The average molecular weight is 550 g/mol. The van der Waals surface area contributed by atoms with Crippen LogP contribution in [0.25, 0.3) is 0 Å². The van der Waals surface area contributed by atoms with Crippen molar-refractivity contribution in [3.63, 3.8) is 0 Å². The zero-order valence-electron chi connectivity index (χ0n) is 21.9. The molecule has 0 aliphatic carbocycles. The lowest BCUT2D eigenvalue weighted by molar-refractivity contribution is -0.191. The minimum atomic E-state index is -4.53. The van der Waals surface area contributed by atoms with E-state index in [0.717, 1.165) is 12.1 Å². The van der Waals surface area contributed by atoms with Gasteiger partial charge in [0.25, 0.3) is 0 Å². The molecule has 0 aromatic heterocycles. The van der Waals surface area contributed by atoms with Gasteiger partial charge in [-0.05, 0) is 41.3 Å². The molecule has 2 aromatic carbocycles. The average Bonchev–Trinajstić information content (AvgIpc) is 2.88. The predicted octanol–water partition coefficient (Wildman–Crippen LogP) is 3.83. The molecule has 8 nitrogen and oxygen atoms in total. The van der Waals surface area contributed by atoms with Gasteiger partial charge in [0.15, 0.2) is 0 Å². The van der Waals surface area contributed by atoms with Crippen molar-refractivity contribution >= 4 is 17.8 Å². The molecular weight excluding hydrogens is 518 g/mol. The van der Waals surface area contributed by atoms with Crippen LogP contribution in [0.4, 0.5) is 22.4 Å². The summed E-state index contributed by atoms with van der Waals surface area (Å²) in [5.41, 5.74) is 0.135. The van der Waals surface area contributed by atoms with Crippen molar-refractivity contribution in [1.29, 1.82) is 0 Å². The molecule has 1 unspecified atom stereocenters. The van der Waals surface area contributed by atoms with Gasteiger partial charge in [0, 0.05) is 20.1 Å². The van der Waals surface area contributed by atoms with Crippen LogP contribution >= 0.6 is 0 Å². The number of piperazine rings is 1. The van der Waals surface area contributed by atoms with Gasteiger partial charge < -0.3 is 15.1 Å². The number of amides is 4. The number of urea groups is 1. The van der Waals surface area contributed by atoms with Gasteiger partial charge in [-0.3, -0.25) is 9.59 Å². The van der Waals surface area contributed by atoms with Crippen LogP contribution in [0.2, 0.25) is 0 Å². The molecule has 2 saturated heterocycles. The van der Waals surface area contributed by atoms with Crippen LogP contribution in [0.1, 0.15) is 37.0 Å². The van der Waals surface area contributed by atoms with E-state index < -0.39 is 35.8 Å². The van der Waals surface area contributed by atoms with Crippen LogP contribution in [-0.4, -0.2) is 70.0 Å². The zero-order chi connectivity index (χ0) is 28.5. The number of alkyl halides is 3. The Morgan fingerprint density at radius 3 is 2.44 bits per heavy atom. The number of nitrogens with zero attached hydrogens (tertiary/aromatic N) is 4. The number of halogens is 4. The van der Waals surface area contributed by atoms with Crippen LogP contribution in [0, 0.1) is 11.7 Å². The molecule has 4 amide bonds. The number of rotatable bonds is 6. The number of likely N-dealkylation sites (N-methyl/N-ethyl adjacent to an activating group) is 1. The summed E-state index contributed by atoms with van der Waals surface area (Å²) in [6.07, 6.45) is -4.83. The minimum Gasteiger partial charge on any atom is -0.333 e. The molecule has 39 heavy (non-hydrogen) atoms. The minimum absolute atomic E-state index is 0.0813. The van der Waals surface area contributed by atoms with Gasteiger partial charge in [-0.15, -0.1) is 0 Å². The van der Waals surface area contributed by atoms with Crippen LogP contribution < -0.4 is 5.32 Å². The summed E-state index contributed by atoms with van der Waals surface area (Å²) in [5.74, 6) is -1.36. The molecule has 2 fully saturated rings. The molecule has 210 valence electrons. The number of hydrogen-bond donors (Lipinski definition) is 1. The molecule has 2 aliphatic rings. The number of hydrogen-bond acceptors (Lipinski definition) is 4. The number of hydrazine groups is 1. The van der Waals surface area contributed by atoms with E-state index in [0.29, 0.717) is 12.0 Å². The number of nitrogens with one attached hydrogen (secondary N) is 1. The Kier molecular flexibility index (Phi) is 8.15. The Hall–Kier alpha value is -3.67. The monoisotopic (exact) mass is 549 g/mol. The second kappa shape index (κ2) is 11.2. The first-order valence-corrected chi connectivity index (χ1v) is 12.7. The van der Waals surface area contributed by atoms with Gasteiger partial charge in [0.05, 0.1) is 18.7 Å². The van der Waals surface area contributed by atoms with E-state index in [1.807, 2.05) is 13.8 Å². The van der Waals surface area contributed by atoms with Crippen molar-refractivity contribution in [3.05, 3.63) is 71.0 Å². The summed E-state index contributed by atoms with van der Waals surface area (Å²) < 4.78 is 53.2. The van der Waals surface area contributed by atoms with Gasteiger partial charge in [0.1, 0.15) is 18.0 Å². The van der Waals surface area contributed by atoms with Crippen molar-refractivity contribution in [3.8, 4) is 0 Å². The molecule has 1 N–H and O–H groups in total. The highest BCUT2D eigenvalue weighted by Crippen LogP contribution is 2.33. The summed E-state index contributed by atoms with van der Waals surface area (Å²) in [4.78, 5) is 43.1. The van der Waals surface area contributed by atoms with Gasteiger partial charge in [0.2, 0.25) is 11.8 Å². The SMILES string of the molecule is CCC(C)[C@H]1C(=O)N(Cc2cccc(C(F)(F)F)c2)C[C@H]2N1C(=O)CN(C)N2C(=O)NCc1ccc(F)cc1. The fraction of sp³-hybridized carbons (Fsp3) is 0.444. The third-order valence-corrected chi connectivity index (χ3v) is 7.25. The highest BCUT2D eigenvalue weighted by molar-refractivity contribution is 5.91. The third-order valence-electron chi connectivity index (χ3n) is 7.25. The van der Waals surface area contributed by atoms with Gasteiger partial charge in [-0.25, -0.2) is 19.2 Å². The van der Waals surface area contributed by atoms with E-state index in [1.54, 1.807) is 19.2 Å². The van der Waals surface area contributed by atoms with Crippen LogP contribution in [0.5, 0.6) is 0 Å². The Bertz CT molecular complexity index is 1220. The first kappa shape index (κ1) is 28.3. The summed E-state index contributed by atoms with van der Waals surface area (Å²) in [5, 5.41) is 5.62. The highest BCUT2D eigenvalue weighted by Gasteiger charge is 2.51. The van der Waals surface area contributed by atoms with E-state index in [9.17, 15) is 31.9 Å². The molecule has 2 aliphatic heterocycles. The fourth-order valence-corrected chi connectivity index (χ4v) is 5.07. The second-order valence-electron chi connectivity index (χ2n) is 9.97. The number of carbonyl (C=O) groups is 3. The van der Waals surface area contributed by atoms with E-state index in [1.165, 1.54) is 44.1 Å².